The van der Waals surface area contributed by atoms with Crippen LogP contribution in [0.25, 0.3) is 6.08 Å². The summed E-state index contributed by atoms with van der Waals surface area (Å²) >= 11 is 0. The molecule has 1 rings (SSSR count). The van der Waals surface area contributed by atoms with Gasteiger partial charge in [0, 0.05) is 6.61 Å². The molecule has 0 unspecified atom stereocenters. The van der Waals surface area contributed by atoms with E-state index in [-0.39, 0.29) is 12.4 Å². The molecule has 0 fully saturated rings. The Labute approximate surface area is 90.9 Å². The molecular formula is C13H18O2. The van der Waals surface area contributed by atoms with E-state index in [0.717, 1.165) is 24.0 Å². The van der Waals surface area contributed by atoms with Crippen molar-refractivity contribution in [3.05, 3.63) is 35.4 Å². The van der Waals surface area contributed by atoms with Gasteiger partial charge in [0.25, 0.3) is 0 Å². The Bertz CT molecular complexity index is 329. The number of phenolic OH excluding ortho intramolecular Hbond substituents is 1. The molecule has 0 radical (unpaired) electrons. The van der Waals surface area contributed by atoms with E-state index in [4.69, 9.17) is 5.11 Å². The van der Waals surface area contributed by atoms with Crippen molar-refractivity contribution in [1.82, 2.24) is 0 Å². The van der Waals surface area contributed by atoms with Gasteiger partial charge in [-0.15, -0.1) is 0 Å². The lowest BCUT2D eigenvalue weighted by molar-refractivity contribution is 0.297. The van der Waals surface area contributed by atoms with Crippen molar-refractivity contribution < 1.29 is 10.2 Å². The van der Waals surface area contributed by atoms with Gasteiger partial charge in [0.2, 0.25) is 0 Å². The fourth-order valence-electron chi connectivity index (χ4n) is 1.42. The van der Waals surface area contributed by atoms with E-state index in [2.05, 4.69) is 13.0 Å². The third kappa shape index (κ3) is 3.76. The minimum Gasteiger partial charge on any atom is -0.508 e. The van der Waals surface area contributed by atoms with Crippen molar-refractivity contribution in [3.8, 4) is 5.75 Å². The Morgan fingerprint density at radius 1 is 1.33 bits per heavy atom. The Morgan fingerprint density at radius 3 is 2.80 bits per heavy atom. The molecule has 2 nitrogen and oxygen atoms in total. The summed E-state index contributed by atoms with van der Waals surface area (Å²) in [5.74, 6) is 0.261. The Balaban J connectivity index is 2.77. The molecule has 0 bridgehead atoms. The van der Waals surface area contributed by atoms with Gasteiger partial charge in [-0.1, -0.05) is 31.6 Å². The molecule has 0 spiro atoms. The predicted molar refractivity (Wildman–Crippen MR) is 62.8 cm³/mol. The molecule has 0 aliphatic carbocycles. The highest BCUT2D eigenvalue weighted by Gasteiger charge is 2.00. The van der Waals surface area contributed by atoms with Crippen LogP contribution in [0.4, 0.5) is 0 Å². The average molecular weight is 206 g/mol. The summed E-state index contributed by atoms with van der Waals surface area (Å²) in [5, 5.41) is 18.3. The monoisotopic (exact) mass is 206 g/mol. The molecule has 0 aromatic heterocycles. The number of aliphatic hydroxyl groups excluding tert-OH is 1. The summed E-state index contributed by atoms with van der Waals surface area (Å²) in [7, 11) is 0. The highest BCUT2D eigenvalue weighted by molar-refractivity contribution is 5.53. The first kappa shape index (κ1) is 11.8. The maximum absolute atomic E-state index is 9.50. The van der Waals surface area contributed by atoms with E-state index in [1.165, 1.54) is 0 Å². The van der Waals surface area contributed by atoms with Crippen LogP contribution in [0.5, 0.6) is 5.75 Å². The van der Waals surface area contributed by atoms with E-state index in [9.17, 15) is 5.11 Å². The Morgan fingerprint density at radius 2 is 2.13 bits per heavy atom. The Hall–Kier alpha value is -1.28. The molecule has 0 heterocycles. The molecule has 15 heavy (non-hydrogen) atoms. The van der Waals surface area contributed by atoms with Crippen molar-refractivity contribution in [2.24, 2.45) is 0 Å². The molecule has 0 aliphatic heterocycles. The van der Waals surface area contributed by atoms with Gasteiger partial charge in [0.15, 0.2) is 0 Å². The zero-order valence-corrected chi connectivity index (χ0v) is 9.11. The van der Waals surface area contributed by atoms with Gasteiger partial charge >= 0.3 is 0 Å². The molecule has 0 saturated carbocycles. The number of rotatable bonds is 5. The van der Waals surface area contributed by atoms with Crippen LogP contribution in [-0.2, 0) is 6.42 Å². The van der Waals surface area contributed by atoms with Crippen LogP contribution < -0.4 is 0 Å². The second-order valence-corrected chi connectivity index (χ2v) is 3.55. The first-order chi connectivity index (χ1) is 7.27. The van der Waals surface area contributed by atoms with Gasteiger partial charge in [0.05, 0.1) is 0 Å². The van der Waals surface area contributed by atoms with Crippen molar-refractivity contribution in [3.63, 3.8) is 0 Å². The summed E-state index contributed by atoms with van der Waals surface area (Å²) in [6, 6.07) is 5.47. The highest BCUT2D eigenvalue weighted by atomic mass is 16.3. The summed E-state index contributed by atoms with van der Waals surface area (Å²) in [6.45, 7) is 2.20. The van der Waals surface area contributed by atoms with Crippen LogP contribution in [0.1, 0.15) is 30.9 Å². The van der Waals surface area contributed by atoms with E-state index < -0.39 is 0 Å². The van der Waals surface area contributed by atoms with Crippen LogP contribution in [-0.4, -0.2) is 16.8 Å². The number of hydrogen-bond donors (Lipinski definition) is 2. The topological polar surface area (TPSA) is 40.5 Å². The number of unbranched alkanes of at least 4 members (excludes halogenated alkanes) is 1. The van der Waals surface area contributed by atoms with E-state index in [1.807, 2.05) is 18.2 Å². The normalized spacial score (nSPS) is 11.1. The van der Waals surface area contributed by atoms with Crippen LogP contribution >= 0.6 is 0 Å². The standard InChI is InChI=1S/C13H18O2/c1-2-3-4-5-11-6-7-13(15)12(10-11)8-9-14/h4-7,10,14-15H,2-3,8-9H2,1H3. The van der Waals surface area contributed by atoms with E-state index in [0.29, 0.717) is 6.42 Å². The van der Waals surface area contributed by atoms with Crippen molar-refractivity contribution in [2.45, 2.75) is 26.2 Å². The molecule has 1 aromatic rings. The maximum Gasteiger partial charge on any atom is 0.118 e. The van der Waals surface area contributed by atoms with Crippen LogP contribution in [0.3, 0.4) is 0 Å². The van der Waals surface area contributed by atoms with Crippen molar-refractivity contribution in [2.75, 3.05) is 6.61 Å². The summed E-state index contributed by atoms with van der Waals surface area (Å²) in [4.78, 5) is 0. The average Bonchev–Trinajstić information content (AvgIpc) is 2.23. The lowest BCUT2D eigenvalue weighted by atomic mass is 10.1. The summed E-state index contributed by atoms with van der Waals surface area (Å²) in [6.07, 6.45) is 6.87. The number of hydrogen-bond acceptors (Lipinski definition) is 2. The first-order valence-corrected chi connectivity index (χ1v) is 5.37. The number of aromatic hydroxyl groups is 1. The van der Waals surface area contributed by atoms with Gasteiger partial charge in [0.1, 0.15) is 5.75 Å². The van der Waals surface area contributed by atoms with E-state index >= 15 is 0 Å². The Kier molecular flexibility index (Phi) is 4.91. The SMILES string of the molecule is CCCC=Cc1ccc(O)c(CCO)c1. The largest absolute Gasteiger partial charge is 0.508 e. The van der Waals surface area contributed by atoms with Crippen molar-refractivity contribution in [1.29, 1.82) is 0 Å². The van der Waals surface area contributed by atoms with Crippen LogP contribution in [0, 0.1) is 0 Å². The number of allylic oxidation sites excluding steroid dienone is 1. The lowest BCUT2D eigenvalue weighted by Gasteiger charge is -2.03. The lowest BCUT2D eigenvalue weighted by Crippen LogP contribution is -1.91. The fraction of sp³-hybridized carbons (Fsp3) is 0.385. The minimum atomic E-state index is 0.0652. The molecule has 0 aliphatic rings. The van der Waals surface area contributed by atoms with Crippen LogP contribution in [0.15, 0.2) is 24.3 Å². The molecule has 2 N–H and O–H groups in total. The molecular weight excluding hydrogens is 188 g/mol. The molecule has 1 aromatic carbocycles. The number of phenols is 1. The smallest absolute Gasteiger partial charge is 0.118 e. The molecule has 0 atom stereocenters. The van der Waals surface area contributed by atoms with Gasteiger partial charge in [-0.2, -0.15) is 0 Å². The van der Waals surface area contributed by atoms with Crippen molar-refractivity contribution >= 4 is 6.08 Å². The second kappa shape index (κ2) is 6.25. The van der Waals surface area contributed by atoms with Gasteiger partial charge < -0.3 is 10.2 Å². The maximum atomic E-state index is 9.50. The van der Waals surface area contributed by atoms with E-state index in [1.54, 1.807) is 6.07 Å². The summed E-state index contributed by atoms with van der Waals surface area (Å²) < 4.78 is 0. The zero-order valence-electron chi connectivity index (χ0n) is 9.11. The number of aliphatic hydroxyl groups is 1. The van der Waals surface area contributed by atoms with Gasteiger partial charge in [-0.3, -0.25) is 0 Å². The van der Waals surface area contributed by atoms with Crippen LogP contribution in [0.2, 0.25) is 0 Å². The molecule has 0 amide bonds. The van der Waals surface area contributed by atoms with Gasteiger partial charge in [-0.25, -0.2) is 0 Å². The molecule has 2 heteroatoms. The molecule has 0 saturated heterocycles. The number of benzene rings is 1. The third-order valence-electron chi connectivity index (χ3n) is 2.25. The zero-order chi connectivity index (χ0) is 11.1. The summed E-state index contributed by atoms with van der Waals surface area (Å²) in [5.41, 5.74) is 1.88. The molecule has 82 valence electrons. The minimum absolute atomic E-state index is 0.0652. The predicted octanol–water partition coefficient (Wildman–Crippen LogP) is 2.74. The quantitative estimate of drug-likeness (QED) is 0.777. The fourth-order valence-corrected chi connectivity index (χ4v) is 1.42. The highest BCUT2D eigenvalue weighted by Crippen LogP contribution is 2.19. The van der Waals surface area contributed by atoms with Gasteiger partial charge in [-0.05, 0) is 36.1 Å². The second-order valence-electron chi connectivity index (χ2n) is 3.55. The first-order valence-electron chi connectivity index (χ1n) is 5.37. The third-order valence-corrected chi connectivity index (χ3v) is 2.25.